The van der Waals surface area contributed by atoms with Crippen LogP contribution in [0, 0.1) is 13.8 Å². The van der Waals surface area contributed by atoms with Crippen LogP contribution in [0.4, 0.5) is 0 Å². The molecule has 0 aromatic heterocycles. The molecule has 0 bridgehead atoms. The van der Waals surface area contributed by atoms with E-state index in [1.165, 1.54) is 43.2 Å². The molecular formula is C15H23NO. The molecule has 0 radical (unpaired) electrons. The first-order valence-corrected chi connectivity index (χ1v) is 6.60. The Balaban J connectivity index is 2.46. The van der Waals surface area contributed by atoms with E-state index in [4.69, 9.17) is 5.73 Å². The van der Waals surface area contributed by atoms with Crippen molar-refractivity contribution in [1.82, 2.24) is 0 Å². The summed E-state index contributed by atoms with van der Waals surface area (Å²) in [6, 6.07) is 4.03. The molecule has 2 heteroatoms. The van der Waals surface area contributed by atoms with Crippen LogP contribution >= 0.6 is 0 Å². The van der Waals surface area contributed by atoms with E-state index in [0.29, 0.717) is 5.75 Å². The molecule has 1 aromatic carbocycles. The molecule has 0 spiro atoms. The summed E-state index contributed by atoms with van der Waals surface area (Å²) in [5.74, 6) is 0.397. The fourth-order valence-electron chi connectivity index (χ4n) is 3.18. The van der Waals surface area contributed by atoms with Crippen LogP contribution in [0.5, 0.6) is 5.75 Å². The maximum absolute atomic E-state index is 9.75. The Morgan fingerprint density at radius 2 is 1.76 bits per heavy atom. The number of hydrogen-bond acceptors (Lipinski definition) is 2. The second-order valence-corrected chi connectivity index (χ2v) is 5.50. The molecule has 1 aliphatic rings. The van der Waals surface area contributed by atoms with E-state index in [-0.39, 0.29) is 5.41 Å². The molecule has 1 fully saturated rings. The summed E-state index contributed by atoms with van der Waals surface area (Å²) in [5, 5.41) is 9.75. The van der Waals surface area contributed by atoms with Gasteiger partial charge < -0.3 is 10.8 Å². The molecule has 0 saturated heterocycles. The topological polar surface area (TPSA) is 46.2 Å². The standard InChI is InChI=1S/C15H23NO/c1-11-9-14(17)12(2)8-13(11)15(10-16)6-4-3-5-7-15/h8-9,17H,3-7,10,16H2,1-2H3. The third-order valence-electron chi connectivity index (χ3n) is 4.32. The number of nitrogens with two attached hydrogens (primary N) is 1. The minimum atomic E-state index is 0.154. The van der Waals surface area contributed by atoms with Gasteiger partial charge in [0.05, 0.1) is 0 Å². The van der Waals surface area contributed by atoms with E-state index in [1.54, 1.807) is 0 Å². The molecule has 0 aliphatic heterocycles. The zero-order valence-electron chi connectivity index (χ0n) is 10.9. The Morgan fingerprint density at radius 1 is 1.12 bits per heavy atom. The summed E-state index contributed by atoms with van der Waals surface area (Å²) in [7, 11) is 0. The summed E-state index contributed by atoms with van der Waals surface area (Å²) < 4.78 is 0. The molecule has 17 heavy (non-hydrogen) atoms. The summed E-state index contributed by atoms with van der Waals surface area (Å²) in [6.07, 6.45) is 6.26. The zero-order valence-corrected chi connectivity index (χ0v) is 10.9. The van der Waals surface area contributed by atoms with Gasteiger partial charge in [0.25, 0.3) is 0 Å². The lowest BCUT2D eigenvalue weighted by molar-refractivity contribution is 0.299. The predicted octanol–water partition coefficient (Wildman–Crippen LogP) is 3.17. The monoisotopic (exact) mass is 233 g/mol. The molecule has 2 nitrogen and oxygen atoms in total. The summed E-state index contributed by atoms with van der Waals surface area (Å²) >= 11 is 0. The lowest BCUT2D eigenvalue weighted by atomic mass is 9.68. The number of aryl methyl sites for hydroxylation is 2. The molecular weight excluding hydrogens is 210 g/mol. The molecule has 3 N–H and O–H groups in total. The highest BCUT2D eigenvalue weighted by Crippen LogP contribution is 2.41. The second-order valence-electron chi connectivity index (χ2n) is 5.50. The summed E-state index contributed by atoms with van der Waals surface area (Å²) in [6.45, 7) is 4.77. The quantitative estimate of drug-likeness (QED) is 0.824. The Labute approximate surface area is 104 Å². The largest absolute Gasteiger partial charge is 0.508 e. The SMILES string of the molecule is Cc1cc(C2(CN)CCCCC2)c(C)cc1O. The molecule has 0 atom stereocenters. The van der Waals surface area contributed by atoms with Gasteiger partial charge in [-0.2, -0.15) is 0 Å². The van der Waals surface area contributed by atoms with Crippen LogP contribution in [0.25, 0.3) is 0 Å². The number of aromatic hydroxyl groups is 1. The average molecular weight is 233 g/mol. The lowest BCUT2D eigenvalue weighted by Crippen LogP contribution is -2.37. The average Bonchev–Trinajstić information content (AvgIpc) is 2.34. The van der Waals surface area contributed by atoms with Crippen molar-refractivity contribution in [1.29, 1.82) is 0 Å². The second kappa shape index (κ2) is 4.69. The summed E-state index contributed by atoms with van der Waals surface area (Å²) in [4.78, 5) is 0. The first-order valence-electron chi connectivity index (χ1n) is 6.60. The van der Waals surface area contributed by atoms with E-state index in [2.05, 4.69) is 13.0 Å². The van der Waals surface area contributed by atoms with Crippen LogP contribution < -0.4 is 5.73 Å². The van der Waals surface area contributed by atoms with Crippen molar-refractivity contribution in [2.45, 2.75) is 51.4 Å². The minimum Gasteiger partial charge on any atom is -0.508 e. The van der Waals surface area contributed by atoms with Crippen molar-refractivity contribution in [3.8, 4) is 5.75 Å². The van der Waals surface area contributed by atoms with E-state index in [1.807, 2.05) is 13.0 Å². The molecule has 1 aliphatic carbocycles. The van der Waals surface area contributed by atoms with Crippen molar-refractivity contribution in [3.05, 3.63) is 28.8 Å². The van der Waals surface area contributed by atoms with Crippen molar-refractivity contribution >= 4 is 0 Å². The first-order chi connectivity index (χ1) is 8.09. The van der Waals surface area contributed by atoms with E-state index < -0.39 is 0 Å². The zero-order chi connectivity index (χ0) is 12.5. The molecule has 1 saturated carbocycles. The van der Waals surface area contributed by atoms with Gasteiger partial charge in [0.15, 0.2) is 0 Å². The number of rotatable bonds is 2. The highest BCUT2D eigenvalue weighted by atomic mass is 16.3. The Hall–Kier alpha value is -1.02. The Morgan fingerprint density at radius 3 is 2.35 bits per heavy atom. The number of phenols is 1. The van der Waals surface area contributed by atoms with Gasteiger partial charge in [-0.25, -0.2) is 0 Å². The van der Waals surface area contributed by atoms with Crippen molar-refractivity contribution in [2.75, 3.05) is 6.54 Å². The fraction of sp³-hybridized carbons (Fsp3) is 0.600. The van der Waals surface area contributed by atoms with Gasteiger partial charge in [0, 0.05) is 12.0 Å². The van der Waals surface area contributed by atoms with Crippen LogP contribution in [0.1, 0.15) is 48.8 Å². The van der Waals surface area contributed by atoms with Gasteiger partial charge in [0.2, 0.25) is 0 Å². The van der Waals surface area contributed by atoms with Gasteiger partial charge >= 0.3 is 0 Å². The lowest BCUT2D eigenvalue weighted by Gasteiger charge is -2.38. The maximum Gasteiger partial charge on any atom is 0.118 e. The summed E-state index contributed by atoms with van der Waals surface area (Å²) in [5.41, 5.74) is 9.72. The van der Waals surface area contributed by atoms with E-state index in [0.717, 1.165) is 12.1 Å². The number of phenolic OH excluding ortho intramolecular Hbond substituents is 1. The van der Waals surface area contributed by atoms with Crippen LogP contribution in [0.3, 0.4) is 0 Å². The van der Waals surface area contributed by atoms with Crippen molar-refractivity contribution in [3.63, 3.8) is 0 Å². The van der Waals surface area contributed by atoms with Crippen LogP contribution in [-0.4, -0.2) is 11.7 Å². The van der Waals surface area contributed by atoms with Gasteiger partial charge in [0.1, 0.15) is 5.75 Å². The Kier molecular flexibility index (Phi) is 3.43. The highest BCUT2D eigenvalue weighted by molar-refractivity contribution is 5.44. The van der Waals surface area contributed by atoms with Gasteiger partial charge in [-0.05, 0) is 49.4 Å². The van der Waals surface area contributed by atoms with Crippen LogP contribution in [0.2, 0.25) is 0 Å². The molecule has 2 rings (SSSR count). The third-order valence-corrected chi connectivity index (χ3v) is 4.32. The van der Waals surface area contributed by atoms with Crippen LogP contribution in [-0.2, 0) is 5.41 Å². The van der Waals surface area contributed by atoms with Crippen molar-refractivity contribution in [2.24, 2.45) is 5.73 Å². The normalized spacial score (nSPS) is 19.2. The third kappa shape index (κ3) is 2.19. The highest BCUT2D eigenvalue weighted by Gasteiger charge is 2.33. The minimum absolute atomic E-state index is 0.154. The van der Waals surface area contributed by atoms with Crippen LogP contribution in [0.15, 0.2) is 12.1 Å². The first kappa shape index (κ1) is 12.4. The van der Waals surface area contributed by atoms with E-state index in [9.17, 15) is 5.11 Å². The number of hydrogen-bond donors (Lipinski definition) is 2. The van der Waals surface area contributed by atoms with Crippen molar-refractivity contribution < 1.29 is 5.11 Å². The predicted molar refractivity (Wildman–Crippen MR) is 71.4 cm³/mol. The fourth-order valence-corrected chi connectivity index (χ4v) is 3.18. The Bertz CT molecular complexity index is 406. The van der Waals surface area contributed by atoms with Gasteiger partial charge in [-0.1, -0.05) is 25.3 Å². The van der Waals surface area contributed by atoms with Gasteiger partial charge in [-0.3, -0.25) is 0 Å². The van der Waals surface area contributed by atoms with E-state index >= 15 is 0 Å². The number of benzene rings is 1. The molecule has 0 unspecified atom stereocenters. The smallest absolute Gasteiger partial charge is 0.118 e. The van der Waals surface area contributed by atoms with Gasteiger partial charge in [-0.15, -0.1) is 0 Å². The molecule has 1 aromatic rings. The maximum atomic E-state index is 9.75. The molecule has 0 heterocycles. The molecule has 94 valence electrons. The molecule has 0 amide bonds.